The fourth-order valence-electron chi connectivity index (χ4n) is 3.00. The van der Waals surface area contributed by atoms with Crippen molar-refractivity contribution in [1.82, 2.24) is 9.80 Å². The summed E-state index contributed by atoms with van der Waals surface area (Å²) in [5.74, 6) is 0.208. The van der Waals surface area contributed by atoms with E-state index in [1.165, 1.54) is 12.1 Å². The third-order valence-corrected chi connectivity index (χ3v) is 4.19. The number of primary amides is 1. The zero-order valence-corrected chi connectivity index (χ0v) is 12.8. The average Bonchev–Trinajstić information content (AvgIpc) is 3.04. The Morgan fingerprint density at radius 2 is 1.87 bits per heavy atom. The Labute approximate surface area is 134 Å². The van der Waals surface area contributed by atoms with Crippen molar-refractivity contribution < 1.29 is 13.6 Å². The van der Waals surface area contributed by atoms with Gasteiger partial charge in [0.15, 0.2) is 0 Å². The Bertz CT molecular complexity index is 634. The molecule has 1 unspecified atom stereocenters. The first kappa shape index (κ1) is 15.7. The van der Waals surface area contributed by atoms with Crippen molar-refractivity contribution >= 4 is 5.91 Å². The second-order valence-electron chi connectivity index (χ2n) is 5.75. The van der Waals surface area contributed by atoms with Crippen LogP contribution in [0.1, 0.15) is 17.4 Å². The Balaban J connectivity index is 1.64. The molecule has 1 saturated heterocycles. The van der Waals surface area contributed by atoms with Crippen LogP contribution >= 0.6 is 0 Å². The van der Waals surface area contributed by atoms with Crippen LogP contribution in [0.15, 0.2) is 47.1 Å². The molecule has 0 spiro atoms. The monoisotopic (exact) mass is 317 g/mol. The highest BCUT2D eigenvalue weighted by Gasteiger charge is 2.29. The largest absolute Gasteiger partial charge is 0.468 e. The van der Waals surface area contributed by atoms with Crippen LogP contribution in [-0.2, 0) is 11.3 Å². The van der Waals surface area contributed by atoms with Gasteiger partial charge in [-0.15, -0.1) is 0 Å². The highest BCUT2D eigenvalue weighted by atomic mass is 19.1. The molecule has 2 aromatic rings. The van der Waals surface area contributed by atoms with Gasteiger partial charge in [-0.2, -0.15) is 0 Å². The number of rotatable bonds is 5. The third kappa shape index (κ3) is 3.78. The van der Waals surface area contributed by atoms with E-state index in [4.69, 9.17) is 10.2 Å². The van der Waals surface area contributed by atoms with E-state index in [9.17, 15) is 9.18 Å². The summed E-state index contributed by atoms with van der Waals surface area (Å²) in [6.45, 7) is 3.87. The second kappa shape index (κ2) is 6.93. The lowest BCUT2D eigenvalue weighted by Gasteiger charge is -2.37. The van der Waals surface area contributed by atoms with Gasteiger partial charge < -0.3 is 10.2 Å². The molecule has 5 nitrogen and oxygen atoms in total. The Morgan fingerprint density at radius 1 is 1.17 bits per heavy atom. The summed E-state index contributed by atoms with van der Waals surface area (Å²) in [6.07, 6.45) is 1.67. The molecular weight excluding hydrogens is 297 g/mol. The molecule has 122 valence electrons. The minimum atomic E-state index is -0.513. The Kier molecular flexibility index (Phi) is 4.73. The van der Waals surface area contributed by atoms with E-state index < -0.39 is 11.9 Å². The molecule has 1 aliphatic heterocycles. The average molecular weight is 317 g/mol. The summed E-state index contributed by atoms with van der Waals surface area (Å²) in [5.41, 5.74) is 6.31. The zero-order chi connectivity index (χ0) is 16.2. The summed E-state index contributed by atoms with van der Waals surface area (Å²) >= 11 is 0. The number of amides is 1. The van der Waals surface area contributed by atoms with Gasteiger partial charge in [-0.05, 0) is 29.8 Å². The zero-order valence-electron chi connectivity index (χ0n) is 12.8. The van der Waals surface area contributed by atoms with E-state index >= 15 is 0 Å². The van der Waals surface area contributed by atoms with Crippen molar-refractivity contribution in [2.24, 2.45) is 5.73 Å². The highest BCUT2D eigenvalue weighted by Crippen LogP contribution is 2.23. The van der Waals surface area contributed by atoms with E-state index in [1.807, 2.05) is 17.0 Å². The van der Waals surface area contributed by atoms with Crippen LogP contribution in [0.5, 0.6) is 0 Å². The molecule has 6 heteroatoms. The molecule has 1 aliphatic rings. The number of nitrogens with zero attached hydrogens (tertiary/aromatic N) is 2. The number of piperazine rings is 1. The van der Waals surface area contributed by atoms with Gasteiger partial charge in [0.1, 0.15) is 17.6 Å². The molecular formula is C17H20FN3O2. The fraction of sp³-hybridized carbons (Fsp3) is 0.353. The molecule has 1 amide bonds. The summed E-state index contributed by atoms with van der Waals surface area (Å²) in [4.78, 5) is 16.2. The van der Waals surface area contributed by atoms with Crippen molar-refractivity contribution in [1.29, 1.82) is 0 Å². The van der Waals surface area contributed by atoms with Crippen molar-refractivity contribution in [3.8, 4) is 0 Å². The molecule has 2 heterocycles. The van der Waals surface area contributed by atoms with Crippen molar-refractivity contribution in [3.05, 3.63) is 59.8 Å². The highest BCUT2D eigenvalue weighted by molar-refractivity contribution is 5.81. The van der Waals surface area contributed by atoms with Crippen molar-refractivity contribution in [2.45, 2.75) is 12.6 Å². The molecule has 2 N–H and O–H groups in total. The number of nitrogens with two attached hydrogens (primary N) is 1. The smallest absolute Gasteiger partial charge is 0.239 e. The maximum absolute atomic E-state index is 13.1. The lowest BCUT2D eigenvalue weighted by atomic mass is 10.0. The Morgan fingerprint density at radius 3 is 2.43 bits per heavy atom. The number of hydrogen-bond donors (Lipinski definition) is 1. The Hall–Kier alpha value is -2.18. The number of benzene rings is 1. The normalized spacial score (nSPS) is 18.0. The van der Waals surface area contributed by atoms with Crippen LogP contribution in [0, 0.1) is 5.82 Å². The fourth-order valence-corrected chi connectivity index (χ4v) is 3.00. The number of carbonyl (C=O) groups is 1. The molecule has 23 heavy (non-hydrogen) atoms. The molecule has 1 aromatic heterocycles. The van der Waals surface area contributed by atoms with Gasteiger partial charge in [-0.1, -0.05) is 12.1 Å². The van der Waals surface area contributed by atoms with E-state index in [1.54, 1.807) is 18.4 Å². The number of hydrogen-bond acceptors (Lipinski definition) is 4. The van der Waals surface area contributed by atoms with Crippen LogP contribution in [-0.4, -0.2) is 41.9 Å². The van der Waals surface area contributed by atoms with Crippen molar-refractivity contribution in [2.75, 3.05) is 26.2 Å². The van der Waals surface area contributed by atoms with E-state index in [0.29, 0.717) is 0 Å². The van der Waals surface area contributed by atoms with Crippen LogP contribution in [0.4, 0.5) is 4.39 Å². The molecule has 0 saturated carbocycles. The van der Waals surface area contributed by atoms with Gasteiger partial charge in [0, 0.05) is 26.2 Å². The van der Waals surface area contributed by atoms with Gasteiger partial charge >= 0.3 is 0 Å². The lowest BCUT2D eigenvalue weighted by Crippen LogP contribution is -2.49. The number of halogens is 1. The maximum atomic E-state index is 13.1. The summed E-state index contributed by atoms with van der Waals surface area (Å²) in [7, 11) is 0. The third-order valence-electron chi connectivity index (χ3n) is 4.19. The van der Waals surface area contributed by atoms with Gasteiger partial charge in [0.25, 0.3) is 0 Å². The predicted molar refractivity (Wildman–Crippen MR) is 83.9 cm³/mol. The predicted octanol–water partition coefficient (Wildman–Crippen LogP) is 1.76. The summed E-state index contributed by atoms with van der Waals surface area (Å²) in [5, 5.41) is 0. The van der Waals surface area contributed by atoms with Crippen LogP contribution < -0.4 is 5.73 Å². The van der Waals surface area contributed by atoms with E-state index in [0.717, 1.165) is 44.0 Å². The SMILES string of the molecule is NC(=O)C(c1ccc(F)cc1)N1CCN(Cc2ccco2)CC1. The van der Waals surface area contributed by atoms with E-state index in [2.05, 4.69) is 4.90 Å². The summed E-state index contributed by atoms with van der Waals surface area (Å²) in [6, 6.07) is 9.29. The molecule has 3 rings (SSSR count). The van der Waals surface area contributed by atoms with Crippen LogP contribution in [0.25, 0.3) is 0 Å². The summed E-state index contributed by atoms with van der Waals surface area (Å²) < 4.78 is 18.4. The first-order valence-corrected chi connectivity index (χ1v) is 7.67. The molecule has 0 aliphatic carbocycles. The first-order valence-electron chi connectivity index (χ1n) is 7.67. The van der Waals surface area contributed by atoms with Crippen LogP contribution in [0.3, 0.4) is 0 Å². The minimum absolute atomic E-state index is 0.319. The molecule has 0 radical (unpaired) electrons. The second-order valence-corrected chi connectivity index (χ2v) is 5.75. The van der Waals surface area contributed by atoms with Crippen molar-refractivity contribution in [3.63, 3.8) is 0 Å². The molecule has 0 bridgehead atoms. The number of furan rings is 1. The minimum Gasteiger partial charge on any atom is -0.468 e. The molecule has 1 aromatic carbocycles. The quantitative estimate of drug-likeness (QED) is 0.913. The van der Waals surface area contributed by atoms with Gasteiger partial charge in [0.2, 0.25) is 5.91 Å². The molecule has 1 fully saturated rings. The van der Waals surface area contributed by atoms with Gasteiger partial charge in [0.05, 0.1) is 12.8 Å². The number of carbonyl (C=O) groups excluding carboxylic acids is 1. The first-order chi connectivity index (χ1) is 11.1. The molecule has 1 atom stereocenters. The van der Waals surface area contributed by atoms with E-state index in [-0.39, 0.29) is 5.82 Å². The lowest BCUT2D eigenvalue weighted by molar-refractivity contribution is -0.124. The van der Waals surface area contributed by atoms with Gasteiger partial charge in [-0.25, -0.2) is 4.39 Å². The standard InChI is InChI=1S/C17H20FN3O2/c18-14-5-3-13(4-6-14)16(17(19)22)21-9-7-20(8-10-21)12-15-2-1-11-23-15/h1-6,11,16H,7-10,12H2,(H2,19,22). The van der Waals surface area contributed by atoms with Gasteiger partial charge in [-0.3, -0.25) is 14.6 Å². The maximum Gasteiger partial charge on any atom is 0.239 e. The van der Waals surface area contributed by atoms with Crippen LogP contribution in [0.2, 0.25) is 0 Å². The topological polar surface area (TPSA) is 62.7 Å².